The molecule has 6 heteroatoms. The Morgan fingerprint density at radius 1 is 1.59 bits per heavy atom. The van der Waals surface area contributed by atoms with Crippen LogP contribution in [-0.2, 0) is 11.3 Å². The number of carboxylic acids is 1. The lowest BCUT2D eigenvalue weighted by Crippen LogP contribution is -2.08. The van der Waals surface area contributed by atoms with Gasteiger partial charge in [-0.25, -0.2) is 9.97 Å². The third-order valence-corrected chi connectivity index (χ3v) is 2.30. The van der Waals surface area contributed by atoms with Crippen molar-refractivity contribution in [2.45, 2.75) is 13.5 Å². The molecule has 2 rings (SSSR count). The molecule has 2 heterocycles. The lowest BCUT2D eigenvalue weighted by molar-refractivity contribution is -0.137. The molecule has 1 N–H and O–H groups in total. The Kier molecular flexibility index (Phi) is 2.86. The number of halogens is 1. The zero-order valence-corrected chi connectivity index (χ0v) is 9.09. The Hall–Kier alpha value is -2.24. The van der Waals surface area contributed by atoms with Crippen molar-refractivity contribution < 1.29 is 14.3 Å². The molecular weight excluding hydrogens is 225 g/mol. The van der Waals surface area contributed by atoms with Gasteiger partial charge in [-0.15, -0.1) is 0 Å². The molecule has 0 aliphatic carbocycles. The van der Waals surface area contributed by atoms with Crippen LogP contribution in [0.5, 0.6) is 0 Å². The largest absolute Gasteiger partial charge is 0.480 e. The van der Waals surface area contributed by atoms with Crippen LogP contribution in [0.4, 0.5) is 4.39 Å². The summed E-state index contributed by atoms with van der Waals surface area (Å²) in [7, 11) is 0. The maximum absolute atomic E-state index is 12.9. The summed E-state index contributed by atoms with van der Waals surface area (Å²) in [5.74, 6) is -0.967. The fourth-order valence-electron chi connectivity index (χ4n) is 1.52. The molecule has 0 saturated heterocycles. The van der Waals surface area contributed by atoms with Gasteiger partial charge in [0.25, 0.3) is 0 Å². The summed E-state index contributed by atoms with van der Waals surface area (Å²) in [6.07, 6.45) is 2.93. The molecule has 0 unspecified atom stereocenters. The summed E-state index contributed by atoms with van der Waals surface area (Å²) in [4.78, 5) is 18.2. The van der Waals surface area contributed by atoms with Gasteiger partial charge in [0.1, 0.15) is 12.4 Å². The number of pyridine rings is 1. The highest BCUT2D eigenvalue weighted by Gasteiger charge is 2.09. The SMILES string of the molecule is Cc1nc(-c2ccnc(F)c2)cn1CC(=O)O. The van der Waals surface area contributed by atoms with Crippen LogP contribution in [-0.4, -0.2) is 25.6 Å². The van der Waals surface area contributed by atoms with Crippen molar-refractivity contribution in [2.75, 3.05) is 0 Å². The normalized spacial score (nSPS) is 10.5. The van der Waals surface area contributed by atoms with Gasteiger partial charge in [-0.05, 0) is 13.0 Å². The summed E-state index contributed by atoms with van der Waals surface area (Å²) < 4.78 is 14.4. The smallest absolute Gasteiger partial charge is 0.323 e. The molecule has 2 aromatic rings. The van der Waals surface area contributed by atoms with Gasteiger partial charge in [-0.2, -0.15) is 4.39 Å². The van der Waals surface area contributed by atoms with Crippen LogP contribution in [0.25, 0.3) is 11.3 Å². The van der Waals surface area contributed by atoms with E-state index >= 15 is 0 Å². The highest BCUT2D eigenvalue weighted by molar-refractivity contribution is 5.67. The minimum atomic E-state index is -0.946. The molecule has 0 fully saturated rings. The van der Waals surface area contributed by atoms with Gasteiger partial charge in [0.2, 0.25) is 5.95 Å². The van der Waals surface area contributed by atoms with Crippen LogP contribution in [0.1, 0.15) is 5.82 Å². The second kappa shape index (κ2) is 4.32. The second-order valence-corrected chi connectivity index (χ2v) is 3.56. The van der Waals surface area contributed by atoms with Crippen molar-refractivity contribution in [2.24, 2.45) is 0 Å². The maximum atomic E-state index is 12.9. The first-order valence-electron chi connectivity index (χ1n) is 4.94. The second-order valence-electron chi connectivity index (χ2n) is 3.56. The predicted octanol–water partition coefficient (Wildman–Crippen LogP) is 1.48. The van der Waals surface area contributed by atoms with Gasteiger partial charge >= 0.3 is 5.97 Å². The Morgan fingerprint density at radius 2 is 2.35 bits per heavy atom. The number of aliphatic carboxylic acids is 1. The number of hydrogen-bond acceptors (Lipinski definition) is 3. The number of imidazole rings is 1. The van der Waals surface area contributed by atoms with Gasteiger partial charge in [-0.1, -0.05) is 0 Å². The van der Waals surface area contributed by atoms with Gasteiger partial charge in [0.15, 0.2) is 0 Å². The number of nitrogens with zero attached hydrogens (tertiary/aromatic N) is 3. The van der Waals surface area contributed by atoms with Crippen molar-refractivity contribution in [3.8, 4) is 11.3 Å². The Balaban J connectivity index is 2.37. The Bertz CT molecular complexity index is 566. The fraction of sp³-hybridized carbons (Fsp3) is 0.182. The summed E-state index contributed by atoms with van der Waals surface area (Å²) >= 11 is 0. The van der Waals surface area contributed by atoms with E-state index in [0.29, 0.717) is 17.1 Å². The zero-order valence-electron chi connectivity index (χ0n) is 9.09. The van der Waals surface area contributed by atoms with E-state index in [1.807, 2.05) is 0 Å². The molecular formula is C11H10FN3O2. The van der Waals surface area contributed by atoms with Crippen molar-refractivity contribution >= 4 is 5.97 Å². The van der Waals surface area contributed by atoms with Gasteiger partial charge in [-0.3, -0.25) is 4.79 Å². The van der Waals surface area contributed by atoms with Crippen LogP contribution in [0.3, 0.4) is 0 Å². The highest BCUT2D eigenvalue weighted by atomic mass is 19.1. The molecule has 0 atom stereocenters. The van der Waals surface area contributed by atoms with E-state index in [2.05, 4.69) is 9.97 Å². The van der Waals surface area contributed by atoms with Gasteiger partial charge in [0, 0.05) is 24.0 Å². The molecule has 0 spiro atoms. The molecule has 0 radical (unpaired) electrons. The van der Waals surface area contributed by atoms with Crippen LogP contribution < -0.4 is 0 Å². The number of aryl methyl sites for hydroxylation is 1. The van der Waals surface area contributed by atoms with Crippen molar-refractivity contribution in [3.63, 3.8) is 0 Å². The third kappa shape index (κ3) is 2.47. The Labute approximate surface area is 96.6 Å². The zero-order chi connectivity index (χ0) is 12.4. The van der Waals surface area contributed by atoms with Crippen LogP contribution >= 0.6 is 0 Å². The molecule has 0 aliphatic rings. The third-order valence-electron chi connectivity index (χ3n) is 2.30. The van der Waals surface area contributed by atoms with Gasteiger partial charge < -0.3 is 9.67 Å². The predicted molar refractivity (Wildman–Crippen MR) is 57.8 cm³/mol. The first-order chi connectivity index (χ1) is 8.06. The van der Waals surface area contributed by atoms with Crippen LogP contribution in [0, 0.1) is 12.9 Å². The number of carboxylic acid groups (broad SMARTS) is 1. The van der Waals surface area contributed by atoms with E-state index in [1.54, 1.807) is 19.2 Å². The minimum absolute atomic E-state index is 0.160. The maximum Gasteiger partial charge on any atom is 0.323 e. The summed E-state index contributed by atoms with van der Waals surface area (Å²) in [6, 6.07) is 2.88. The topological polar surface area (TPSA) is 68.0 Å². The average molecular weight is 235 g/mol. The van der Waals surface area contributed by atoms with Gasteiger partial charge in [0.05, 0.1) is 5.69 Å². The van der Waals surface area contributed by atoms with E-state index in [4.69, 9.17) is 5.11 Å². The molecule has 0 amide bonds. The van der Waals surface area contributed by atoms with Crippen molar-refractivity contribution in [1.82, 2.24) is 14.5 Å². The van der Waals surface area contributed by atoms with Crippen molar-refractivity contribution in [1.29, 1.82) is 0 Å². The molecule has 0 aromatic carbocycles. The molecule has 0 aliphatic heterocycles. The standard InChI is InChI=1S/C11H10FN3O2/c1-7-14-9(5-15(7)6-11(16)17)8-2-3-13-10(12)4-8/h2-5H,6H2,1H3,(H,16,17). The summed E-state index contributed by atoms with van der Waals surface area (Å²) in [5.41, 5.74) is 1.11. The first-order valence-corrected chi connectivity index (χ1v) is 4.94. The molecule has 88 valence electrons. The summed E-state index contributed by atoms with van der Waals surface area (Å²) in [6.45, 7) is 1.54. The monoisotopic (exact) mass is 235 g/mol. The fourth-order valence-corrected chi connectivity index (χ4v) is 1.52. The molecule has 0 bridgehead atoms. The lowest BCUT2D eigenvalue weighted by Gasteiger charge is -1.98. The van der Waals surface area contributed by atoms with Crippen LogP contribution in [0.15, 0.2) is 24.5 Å². The number of carbonyl (C=O) groups is 1. The highest BCUT2D eigenvalue weighted by Crippen LogP contribution is 2.18. The van der Waals surface area contributed by atoms with Crippen molar-refractivity contribution in [3.05, 3.63) is 36.3 Å². The summed E-state index contributed by atoms with van der Waals surface area (Å²) in [5, 5.41) is 8.70. The number of rotatable bonds is 3. The van der Waals surface area contributed by atoms with E-state index in [0.717, 1.165) is 0 Å². The van der Waals surface area contributed by atoms with Crippen LogP contribution in [0.2, 0.25) is 0 Å². The van der Waals surface area contributed by atoms with E-state index in [-0.39, 0.29) is 6.54 Å². The first kappa shape index (κ1) is 11.3. The molecule has 5 nitrogen and oxygen atoms in total. The molecule has 17 heavy (non-hydrogen) atoms. The lowest BCUT2D eigenvalue weighted by atomic mass is 10.2. The van der Waals surface area contributed by atoms with E-state index in [1.165, 1.54) is 16.8 Å². The quantitative estimate of drug-likeness (QED) is 0.818. The Morgan fingerprint density at radius 3 is 3.00 bits per heavy atom. The van der Waals surface area contributed by atoms with E-state index in [9.17, 15) is 9.18 Å². The number of aromatic nitrogens is 3. The minimum Gasteiger partial charge on any atom is -0.480 e. The molecule has 2 aromatic heterocycles. The number of hydrogen-bond donors (Lipinski definition) is 1. The van der Waals surface area contributed by atoms with E-state index < -0.39 is 11.9 Å². The molecule has 0 saturated carbocycles. The average Bonchev–Trinajstić information content (AvgIpc) is 2.59.